The largest absolute Gasteiger partial charge is 0.487 e. The highest BCUT2D eigenvalue weighted by Crippen LogP contribution is 2.33. The Morgan fingerprint density at radius 2 is 1.76 bits per heavy atom. The van der Waals surface area contributed by atoms with Gasteiger partial charge >= 0.3 is 0 Å². The van der Waals surface area contributed by atoms with Gasteiger partial charge in [0.15, 0.2) is 17.1 Å². The van der Waals surface area contributed by atoms with Crippen LogP contribution in [0.2, 0.25) is 0 Å². The number of aromatic amines is 2. The first-order valence-electron chi connectivity index (χ1n) is 14.5. The molecule has 0 aliphatic carbocycles. The van der Waals surface area contributed by atoms with E-state index in [1.807, 2.05) is 68.7 Å². The number of fused-ring (bicyclic) bond motifs is 2. The van der Waals surface area contributed by atoms with Gasteiger partial charge in [0.25, 0.3) is 0 Å². The topological polar surface area (TPSA) is 121 Å². The zero-order valence-electron chi connectivity index (χ0n) is 24.8. The maximum absolute atomic E-state index is 14.7. The number of anilines is 1. The molecule has 11 heteroatoms. The van der Waals surface area contributed by atoms with Crippen LogP contribution in [0.3, 0.4) is 0 Å². The third kappa shape index (κ3) is 6.06. The van der Waals surface area contributed by atoms with Crippen LogP contribution >= 0.6 is 0 Å². The minimum absolute atomic E-state index is 0.327. The molecule has 0 aliphatic heterocycles. The first kappa shape index (κ1) is 28.1. The smallest absolute Gasteiger partial charge is 0.181 e. The molecular weight excluding hydrogens is 569 g/mol. The molecule has 3 N–H and O–H groups in total. The molecule has 0 saturated carbocycles. The first-order valence-corrected chi connectivity index (χ1v) is 14.5. The van der Waals surface area contributed by atoms with Gasteiger partial charge in [0, 0.05) is 54.1 Å². The number of pyridine rings is 3. The molecule has 0 fully saturated rings. The number of likely N-dealkylation sites (N-methyl/N-ethyl adjacent to an activating group) is 1. The van der Waals surface area contributed by atoms with Gasteiger partial charge < -0.3 is 19.9 Å². The predicted molar refractivity (Wildman–Crippen MR) is 173 cm³/mol. The van der Waals surface area contributed by atoms with Gasteiger partial charge in [-0.15, -0.1) is 0 Å². The molecule has 7 rings (SSSR count). The molecule has 5 heterocycles. The average Bonchev–Trinajstić information content (AvgIpc) is 3.68. The summed E-state index contributed by atoms with van der Waals surface area (Å²) in [6.07, 6.45) is 6.91. The minimum atomic E-state index is -0.327. The second-order valence-electron chi connectivity index (χ2n) is 11.0. The Balaban J connectivity index is 1.20. The molecule has 224 valence electrons. The summed E-state index contributed by atoms with van der Waals surface area (Å²) in [5, 5.41) is 11.6. The molecule has 0 atom stereocenters. The van der Waals surface area contributed by atoms with Gasteiger partial charge in [-0.1, -0.05) is 30.3 Å². The van der Waals surface area contributed by atoms with Crippen molar-refractivity contribution in [2.45, 2.75) is 6.61 Å². The maximum atomic E-state index is 14.7. The SMILES string of the molecule is CN(C)CCNc1cc(F)cc(-c2ccnc3nc(-c4[nH]nc5ncc(-c6cncc(OCc7ccccc7)c6)cc45)[nH]c23)c1. The molecule has 45 heavy (non-hydrogen) atoms. The number of aromatic nitrogens is 7. The minimum Gasteiger partial charge on any atom is -0.487 e. The van der Waals surface area contributed by atoms with Crippen molar-refractivity contribution >= 4 is 27.9 Å². The molecule has 0 aliphatic rings. The fourth-order valence-electron chi connectivity index (χ4n) is 5.18. The van der Waals surface area contributed by atoms with Crippen LogP contribution in [0.4, 0.5) is 10.1 Å². The van der Waals surface area contributed by atoms with Gasteiger partial charge in [-0.3, -0.25) is 10.1 Å². The second-order valence-corrected chi connectivity index (χ2v) is 11.0. The van der Waals surface area contributed by atoms with Crippen molar-refractivity contribution in [1.29, 1.82) is 0 Å². The van der Waals surface area contributed by atoms with Gasteiger partial charge in [-0.05, 0) is 61.6 Å². The molecule has 0 bridgehead atoms. The van der Waals surface area contributed by atoms with Crippen molar-refractivity contribution in [3.8, 4) is 39.5 Å². The van der Waals surface area contributed by atoms with Crippen molar-refractivity contribution in [2.75, 3.05) is 32.5 Å². The Hall–Kier alpha value is -5.68. The molecule has 0 radical (unpaired) electrons. The van der Waals surface area contributed by atoms with E-state index >= 15 is 0 Å². The Morgan fingerprint density at radius 1 is 0.889 bits per heavy atom. The Kier molecular flexibility index (Phi) is 7.58. The van der Waals surface area contributed by atoms with E-state index in [0.717, 1.165) is 34.2 Å². The summed E-state index contributed by atoms with van der Waals surface area (Å²) in [5.41, 5.74) is 7.41. The highest BCUT2D eigenvalue weighted by atomic mass is 19.1. The first-order chi connectivity index (χ1) is 22.0. The number of hydrogen-bond acceptors (Lipinski definition) is 8. The van der Waals surface area contributed by atoms with E-state index in [-0.39, 0.29) is 5.82 Å². The van der Waals surface area contributed by atoms with Crippen LogP contribution in [-0.4, -0.2) is 67.2 Å². The fraction of sp³-hybridized carbons (Fsp3) is 0.147. The van der Waals surface area contributed by atoms with Crippen LogP contribution in [0.25, 0.3) is 56.0 Å². The van der Waals surface area contributed by atoms with Crippen LogP contribution in [-0.2, 0) is 6.61 Å². The zero-order valence-corrected chi connectivity index (χ0v) is 24.8. The Labute approximate surface area is 258 Å². The molecular formula is C34H30FN9O. The number of nitrogens with zero attached hydrogens (tertiary/aromatic N) is 6. The number of nitrogens with one attached hydrogen (secondary N) is 3. The van der Waals surface area contributed by atoms with Gasteiger partial charge in [-0.2, -0.15) is 5.10 Å². The molecule has 10 nitrogen and oxygen atoms in total. The summed E-state index contributed by atoms with van der Waals surface area (Å²) >= 11 is 0. The van der Waals surface area contributed by atoms with Crippen LogP contribution in [0.15, 0.2) is 91.5 Å². The zero-order chi connectivity index (χ0) is 30.8. The molecule has 0 saturated heterocycles. The van der Waals surface area contributed by atoms with Crippen molar-refractivity contribution in [1.82, 2.24) is 40.0 Å². The van der Waals surface area contributed by atoms with E-state index in [2.05, 4.69) is 40.3 Å². The predicted octanol–water partition coefficient (Wildman–Crippen LogP) is 6.32. The highest BCUT2D eigenvalue weighted by Gasteiger charge is 2.17. The van der Waals surface area contributed by atoms with Crippen molar-refractivity contribution in [2.24, 2.45) is 0 Å². The Bertz CT molecular complexity index is 2110. The average molecular weight is 600 g/mol. The second kappa shape index (κ2) is 12.1. The van der Waals surface area contributed by atoms with E-state index in [4.69, 9.17) is 9.72 Å². The van der Waals surface area contributed by atoms with E-state index in [0.29, 0.717) is 58.5 Å². The van der Waals surface area contributed by atoms with Crippen LogP contribution in [0.5, 0.6) is 5.75 Å². The lowest BCUT2D eigenvalue weighted by molar-refractivity contribution is 0.305. The van der Waals surface area contributed by atoms with Crippen LogP contribution < -0.4 is 10.1 Å². The molecule has 0 spiro atoms. The molecule has 0 unspecified atom stereocenters. The number of halogens is 1. The number of hydrogen-bond donors (Lipinski definition) is 3. The number of rotatable bonds is 10. The third-order valence-corrected chi connectivity index (χ3v) is 7.43. The van der Waals surface area contributed by atoms with Gasteiger partial charge in [0.05, 0.1) is 17.1 Å². The van der Waals surface area contributed by atoms with Crippen LogP contribution in [0, 0.1) is 5.82 Å². The van der Waals surface area contributed by atoms with E-state index < -0.39 is 0 Å². The Morgan fingerprint density at radius 3 is 2.62 bits per heavy atom. The van der Waals surface area contributed by atoms with Gasteiger partial charge in [-0.25, -0.2) is 19.3 Å². The number of benzene rings is 2. The summed E-state index contributed by atoms with van der Waals surface area (Å²) < 4.78 is 20.7. The summed E-state index contributed by atoms with van der Waals surface area (Å²) in [5.74, 6) is 0.880. The summed E-state index contributed by atoms with van der Waals surface area (Å²) in [6, 6.07) is 20.7. The lowest BCUT2D eigenvalue weighted by atomic mass is 10.0. The maximum Gasteiger partial charge on any atom is 0.181 e. The number of ether oxygens (including phenoxy) is 1. The van der Waals surface area contributed by atoms with Gasteiger partial charge in [0.2, 0.25) is 0 Å². The van der Waals surface area contributed by atoms with E-state index in [1.165, 1.54) is 12.1 Å². The van der Waals surface area contributed by atoms with Crippen molar-refractivity contribution < 1.29 is 9.13 Å². The molecule has 5 aromatic heterocycles. The van der Waals surface area contributed by atoms with E-state index in [9.17, 15) is 4.39 Å². The summed E-state index contributed by atoms with van der Waals surface area (Å²) in [4.78, 5) is 23.7. The summed E-state index contributed by atoms with van der Waals surface area (Å²) in [7, 11) is 4.00. The summed E-state index contributed by atoms with van der Waals surface area (Å²) in [6.45, 7) is 1.97. The monoisotopic (exact) mass is 599 g/mol. The fourth-order valence-corrected chi connectivity index (χ4v) is 5.18. The van der Waals surface area contributed by atoms with Crippen molar-refractivity contribution in [3.63, 3.8) is 0 Å². The van der Waals surface area contributed by atoms with Crippen LogP contribution in [0.1, 0.15) is 5.56 Å². The van der Waals surface area contributed by atoms with Crippen molar-refractivity contribution in [3.05, 3.63) is 103 Å². The highest BCUT2D eigenvalue weighted by molar-refractivity contribution is 5.96. The standard InChI is InChI=1S/C34H30FN9O/c1-44(2)11-10-37-26-13-22(12-25(35)16-26)28-8-9-38-33-30(28)40-34(41-33)31-29-15-24(18-39-32(29)43-42-31)23-14-27(19-36-17-23)45-20-21-6-4-3-5-7-21/h3-9,12-19,37H,10-11,20H2,1-2H3,(H,38,40,41)(H,39,42,43). The normalized spacial score (nSPS) is 11.5. The third-order valence-electron chi connectivity index (χ3n) is 7.43. The number of H-pyrrole nitrogens is 2. The van der Waals surface area contributed by atoms with Gasteiger partial charge in [0.1, 0.15) is 23.9 Å². The molecule has 0 amide bonds. The lowest BCUT2D eigenvalue weighted by Crippen LogP contribution is -2.20. The lowest BCUT2D eigenvalue weighted by Gasteiger charge is -2.13. The number of imidazole rings is 1. The van der Waals surface area contributed by atoms with E-state index in [1.54, 1.807) is 24.8 Å². The molecule has 7 aromatic rings. The quantitative estimate of drug-likeness (QED) is 0.167. The molecule has 2 aromatic carbocycles.